The number of rotatable bonds is 5. The van der Waals surface area contributed by atoms with Crippen molar-refractivity contribution in [3.63, 3.8) is 0 Å². The molecule has 1 saturated heterocycles. The fourth-order valence-electron chi connectivity index (χ4n) is 2.36. The van der Waals surface area contributed by atoms with E-state index in [2.05, 4.69) is 5.32 Å². The van der Waals surface area contributed by atoms with Gasteiger partial charge >= 0.3 is 0 Å². The van der Waals surface area contributed by atoms with Crippen molar-refractivity contribution in [2.75, 3.05) is 19.6 Å². The predicted molar refractivity (Wildman–Crippen MR) is 70.9 cm³/mol. The molecule has 5 heteroatoms. The summed E-state index contributed by atoms with van der Waals surface area (Å²) in [4.78, 5) is 25.1. The smallest absolute Gasteiger partial charge is 0.254 e. The van der Waals surface area contributed by atoms with Gasteiger partial charge in [0.1, 0.15) is 11.5 Å². The summed E-state index contributed by atoms with van der Waals surface area (Å²) in [6, 6.07) is 1.74. The number of aryl methyl sites for hydroxylation is 2. The topological polar surface area (TPSA) is 62.6 Å². The average Bonchev–Trinajstić information content (AvgIpc) is 2.91. The summed E-state index contributed by atoms with van der Waals surface area (Å²) >= 11 is 0. The summed E-state index contributed by atoms with van der Waals surface area (Å²) in [5, 5.41) is 2.85. The number of nitrogens with zero attached hydrogens (tertiary/aromatic N) is 1. The van der Waals surface area contributed by atoms with Gasteiger partial charge in [0.25, 0.3) is 5.91 Å². The van der Waals surface area contributed by atoms with Crippen LogP contribution in [0.15, 0.2) is 10.5 Å². The lowest BCUT2D eigenvalue weighted by Gasteiger charge is -2.15. The van der Waals surface area contributed by atoms with Gasteiger partial charge in [-0.25, -0.2) is 0 Å². The van der Waals surface area contributed by atoms with Crippen molar-refractivity contribution in [1.29, 1.82) is 0 Å². The fraction of sp³-hybridized carbons (Fsp3) is 0.571. The van der Waals surface area contributed by atoms with Gasteiger partial charge in [-0.3, -0.25) is 9.59 Å². The predicted octanol–water partition coefficient (Wildman–Crippen LogP) is 1.64. The van der Waals surface area contributed by atoms with E-state index in [1.54, 1.807) is 13.0 Å². The summed E-state index contributed by atoms with van der Waals surface area (Å²) in [6.45, 7) is 5.76. The van der Waals surface area contributed by atoms with Gasteiger partial charge in [-0.2, -0.15) is 0 Å². The minimum absolute atomic E-state index is 0.109. The molecule has 2 amide bonds. The molecule has 0 bridgehead atoms. The molecule has 1 aliphatic rings. The molecule has 2 rings (SSSR count). The molecule has 0 aromatic carbocycles. The molecule has 5 nitrogen and oxygen atoms in total. The normalized spacial score (nSPS) is 15.1. The highest BCUT2D eigenvalue weighted by Crippen LogP contribution is 2.13. The van der Waals surface area contributed by atoms with Gasteiger partial charge in [-0.1, -0.05) is 0 Å². The van der Waals surface area contributed by atoms with Crippen LogP contribution in [-0.2, 0) is 4.79 Å². The number of carbonyl (C=O) groups excluding carboxylic acids is 2. The minimum Gasteiger partial charge on any atom is -0.466 e. The van der Waals surface area contributed by atoms with E-state index in [0.29, 0.717) is 24.3 Å². The molecule has 0 saturated carbocycles. The Morgan fingerprint density at radius 1 is 1.47 bits per heavy atom. The Morgan fingerprint density at radius 2 is 2.26 bits per heavy atom. The molecule has 0 spiro atoms. The second kappa shape index (κ2) is 5.91. The van der Waals surface area contributed by atoms with E-state index < -0.39 is 0 Å². The lowest BCUT2D eigenvalue weighted by atomic mass is 10.2. The van der Waals surface area contributed by atoms with Crippen LogP contribution in [0.5, 0.6) is 0 Å². The van der Waals surface area contributed by atoms with Crippen LogP contribution < -0.4 is 5.32 Å². The summed E-state index contributed by atoms with van der Waals surface area (Å²) < 4.78 is 5.32. The molecule has 0 aliphatic carbocycles. The molecule has 1 aromatic heterocycles. The van der Waals surface area contributed by atoms with Gasteiger partial charge in [-0.15, -0.1) is 0 Å². The molecular formula is C14H20N2O3. The SMILES string of the molecule is Cc1cc(C(=O)NCCCN2CCCC2=O)c(C)o1. The van der Waals surface area contributed by atoms with Crippen LogP contribution in [0.4, 0.5) is 0 Å². The molecule has 1 aromatic rings. The molecule has 0 radical (unpaired) electrons. The highest BCUT2D eigenvalue weighted by molar-refractivity contribution is 5.95. The van der Waals surface area contributed by atoms with Crippen LogP contribution >= 0.6 is 0 Å². The van der Waals surface area contributed by atoms with Crippen LogP contribution in [0.3, 0.4) is 0 Å². The number of likely N-dealkylation sites (tertiary alicyclic amines) is 1. The quantitative estimate of drug-likeness (QED) is 0.822. The highest BCUT2D eigenvalue weighted by atomic mass is 16.3. The maximum absolute atomic E-state index is 11.9. The summed E-state index contributed by atoms with van der Waals surface area (Å²) in [6.07, 6.45) is 2.41. The number of furan rings is 1. The first kappa shape index (κ1) is 13.6. The van der Waals surface area contributed by atoms with E-state index in [1.807, 2.05) is 11.8 Å². The summed E-state index contributed by atoms with van der Waals surface area (Å²) in [5.41, 5.74) is 0.592. The van der Waals surface area contributed by atoms with Crippen LogP contribution in [0.1, 0.15) is 41.1 Å². The monoisotopic (exact) mass is 264 g/mol. The number of amides is 2. The molecule has 1 N–H and O–H groups in total. The second-order valence-electron chi connectivity index (χ2n) is 4.92. The zero-order chi connectivity index (χ0) is 13.8. The van der Waals surface area contributed by atoms with E-state index in [0.717, 1.165) is 31.7 Å². The van der Waals surface area contributed by atoms with Crippen LogP contribution in [-0.4, -0.2) is 36.3 Å². The third-order valence-electron chi connectivity index (χ3n) is 3.35. The van der Waals surface area contributed by atoms with Crippen molar-refractivity contribution < 1.29 is 14.0 Å². The second-order valence-corrected chi connectivity index (χ2v) is 4.92. The third kappa shape index (κ3) is 3.36. The number of hydrogen-bond acceptors (Lipinski definition) is 3. The highest BCUT2D eigenvalue weighted by Gasteiger charge is 2.19. The summed E-state index contributed by atoms with van der Waals surface area (Å²) in [7, 11) is 0. The van der Waals surface area contributed by atoms with E-state index in [1.165, 1.54) is 0 Å². The van der Waals surface area contributed by atoms with E-state index in [9.17, 15) is 9.59 Å². The lowest BCUT2D eigenvalue weighted by molar-refractivity contribution is -0.127. The van der Waals surface area contributed by atoms with Crippen LogP contribution in [0.2, 0.25) is 0 Å². The van der Waals surface area contributed by atoms with Gasteiger partial charge in [-0.05, 0) is 32.8 Å². The largest absolute Gasteiger partial charge is 0.466 e. The maximum atomic E-state index is 11.9. The number of carbonyl (C=O) groups is 2. The first-order valence-electron chi connectivity index (χ1n) is 6.71. The molecule has 0 unspecified atom stereocenters. The molecule has 1 aliphatic heterocycles. The van der Waals surface area contributed by atoms with Crippen molar-refractivity contribution in [3.8, 4) is 0 Å². The average molecular weight is 264 g/mol. The fourth-order valence-corrected chi connectivity index (χ4v) is 2.36. The Morgan fingerprint density at radius 3 is 2.84 bits per heavy atom. The van der Waals surface area contributed by atoms with Gasteiger partial charge in [0.15, 0.2) is 0 Å². The molecule has 19 heavy (non-hydrogen) atoms. The Balaban J connectivity index is 1.72. The van der Waals surface area contributed by atoms with Crippen LogP contribution in [0.25, 0.3) is 0 Å². The first-order valence-corrected chi connectivity index (χ1v) is 6.71. The van der Waals surface area contributed by atoms with Gasteiger partial charge in [0, 0.05) is 26.1 Å². The van der Waals surface area contributed by atoms with E-state index in [-0.39, 0.29) is 11.8 Å². The number of nitrogens with one attached hydrogen (secondary N) is 1. The molecule has 104 valence electrons. The third-order valence-corrected chi connectivity index (χ3v) is 3.35. The first-order chi connectivity index (χ1) is 9.08. The molecule has 1 fully saturated rings. The Labute approximate surface area is 113 Å². The standard InChI is InChI=1S/C14H20N2O3/c1-10-9-12(11(2)19-10)14(18)15-6-4-8-16-7-3-5-13(16)17/h9H,3-8H2,1-2H3,(H,15,18). The van der Waals surface area contributed by atoms with Crippen molar-refractivity contribution >= 4 is 11.8 Å². The zero-order valence-corrected chi connectivity index (χ0v) is 11.5. The Bertz CT molecular complexity index is 479. The Kier molecular flexibility index (Phi) is 4.24. The maximum Gasteiger partial charge on any atom is 0.254 e. The summed E-state index contributed by atoms with van der Waals surface area (Å²) in [5.74, 6) is 1.50. The van der Waals surface area contributed by atoms with Gasteiger partial charge < -0.3 is 14.6 Å². The van der Waals surface area contributed by atoms with E-state index >= 15 is 0 Å². The van der Waals surface area contributed by atoms with Crippen molar-refractivity contribution in [3.05, 3.63) is 23.2 Å². The minimum atomic E-state index is -0.109. The molecular weight excluding hydrogens is 244 g/mol. The lowest BCUT2D eigenvalue weighted by Crippen LogP contribution is -2.30. The van der Waals surface area contributed by atoms with Crippen LogP contribution in [0, 0.1) is 13.8 Å². The molecule has 0 atom stereocenters. The van der Waals surface area contributed by atoms with Gasteiger partial charge in [0.2, 0.25) is 5.91 Å². The van der Waals surface area contributed by atoms with Crippen molar-refractivity contribution in [2.24, 2.45) is 0 Å². The number of hydrogen-bond donors (Lipinski definition) is 1. The van der Waals surface area contributed by atoms with Gasteiger partial charge in [0.05, 0.1) is 5.56 Å². The Hall–Kier alpha value is -1.78. The zero-order valence-electron chi connectivity index (χ0n) is 11.5. The van der Waals surface area contributed by atoms with E-state index in [4.69, 9.17) is 4.42 Å². The van der Waals surface area contributed by atoms with Crippen molar-refractivity contribution in [2.45, 2.75) is 33.1 Å². The van der Waals surface area contributed by atoms with Crippen molar-refractivity contribution in [1.82, 2.24) is 10.2 Å². The molecule has 2 heterocycles.